The summed E-state index contributed by atoms with van der Waals surface area (Å²) in [5.41, 5.74) is 0.543. The van der Waals surface area contributed by atoms with E-state index in [1.807, 2.05) is 6.07 Å². The molecule has 0 heterocycles. The maximum absolute atomic E-state index is 11.5. The molecule has 0 saturated heterocycles. The van der Waals surface area contributed by atoms with Gasteiger partial charge in [0, 0.05) is 14.5 Å². The van der Waals surface area contributed by atoms with Crippen molar-refractivity contribution in [3.8, 4) is 0 Å². The molecule has 0 aromatic heterocycles. The van der Waals surface area contributed by atoms with Crippen LogP contribution in [0.3, 0.4) is 0 Å². The summed E-state index contributed by atoms with van der Waals surface area (Å²) < 4.78 is 1.64. The molecule has 0 fully saturated rings. The molecule has 0 bridgehead atoms. The SMILES string of the molecule is CC(=O)CC(=O)c1cc(Br)cc(Br)c1. The lowest BCUT2D eigenvalue weighted by atomic mass is 10.1. The summed E-state index contributed by atoms with van der Waals surface area (Å²) in [5, 5.41) is 0. The zero-order valence-corrected chi connectivity index (χ0v) is 10.7. The molecule has 0 spiro atoms. The third-order valence-electron chi connectivity index (χ3n) is 1.59. The van der Waals surface area contributed by atoms with E-state index in [-0.39, 0.29) is 18.0 Å². The molecule has 0 aliphatic rings. The third kappa shape index (κ3) is 3.35. The van der Waals surface area contributed by atoms with E-state index in [4.69, 9.17) is 0 Å². The number of carbonyl (C=O) groups is 2. The van der Waals surface area contributed by atoms with Crippen LogP contribution >= 0.6 is 31.9 Å². The van der Waals surface area contributed by atoms with Crippen LogP contribution in [-0.4, -0.2) is 11.6 Å². The molecule has 0 radical (unpaired) electrons. The molecule has 0 N–H and O–H groups in total. The van der Waals surface area contributed by atoms with Crippen molar-refractivity contribution < 1.29 is 9.59 Å². The Bertz CT molecular complexity index is 365. The summed E-state index contributed by atoms with van der Waals surface area (Å²) in [5.74, 6) is -0.273. The van der Waals surface area contributed by atoms with E-state index in [0.717, 1.165) is 8.95 Å². The summed E-state index contributed by atoms with van der Waals surface area (Å²) in [6, 6.07) is 5.25. The van der Waals surface area contributed by atoms with Crippen LogP contribution in [0, 0.1) is 0 Å². The van der Waals surface area contributed by atoms with Crippen LogP contribution < -0.4 is 0 Å². The van der Waals surface area contributed by atoms with Gasteiger partial charge in [0.1, 0.15) is 5.78 Å². The number of hydrogen-bond acceptors (Lipinski definition) is 2. The van der Waals surface area contributed by atoms with Crippen molar-refractivity contribution in [2.45, 2.75) is 13.3 Å². The zero-order valence-electron chi connectivity index (χ0n) is 7.51. The minimum absolute atomic E-state index is 0.0388. The molecule has 1 rings (SSSR count). The monoisotopic (exact) mass is 318 g/mol. The van der Waals surface area contributed by atoms with Gasteiger partial charge in [-0.2, -0.15) is 0 Å². The van der Waals surface area contributed by atoms with Gasteiger partial charge in [0.15, 0.2) is 5.78 Å². The van der Waals surface area contributed by atoms with Crippen molar-refractivity contribution in [1.82, 2.24) is 0 Å². The molecular weight excluding hydrogens is 312 g/mol. The summed E-state index contributed by atoms with van der Waals surface area (Å²) >= 11 is 6.56. The zero-order chi connectivity index (χ0) is 10.7. The fourth-order valence-corrected chi connectivity index (χ4v) is 2.34. The van der Waals surface area contributed by atoms with E-state index in [1.165, 1.54) is 6.92 Å². The van der Waals surface area contributed by atoms with Gasteiger partial charge in [-0.05, 0) is 25.1 Å². The molecule has 0 aliphatic heterocycles. The van der Waals surface area contributed by atoms with E-state index in [9.17, 15) is 9.59 Å². The number of halogens is 2. The highest BCUT2D eigenvalue weighted by atomic mass is 79.9. The van der Waals surface area contributed by atoms with Crippen molar-refractivity contribution in [3.63, 3.8) is 0 Å². The molecule has 1 aromatic carbocycles. The number of Topliss-reactive ketones (excluding diaryl/α,β-unsaturated/α-hetero) is 2. The molecule has 14 heavy (non-hydrogen) atoms. The highest BCUT2D eigenvalue weighted by molar-refractivity contribution is 9.11. The molecule has 2 nitrogen and oxygen atoms in total. The van der Waals surface area contributed by atoms with Gasteiger partial charge < -0.3 is 0 Å². The van der Waals surface area contributed by atoms with E-state index in [0.29, 0.717) is 5.56 Å². The number of rotatable bonds is 3. The predicted molar refractivity (Wildman–Crippen MR) is 61.5 cm³/mol. The summed E-state index contributed by atoms with van der Waals surface area (Å²) in [6.45, 7) is 1.41. The van der Waals surface area contributed by atoms with E-state index in [2.05, 4.69) is 31.9 Å². The fourth-order valence-electron chi connectivity index (χ4n) is 1.04. The maximum atomic E-state index is 11.5. The van der Waals surface area contributed by atoms with Gasteiger partial charge in [-0.1, -0.05) is 31.9 Å². The second-order valence-electron chi connectivity index (χ2n) is 2.96. The van der Waals surface area contributed by atoms with Crippen LogP contribution in [0.25, 0.3) is 0 Å². The van der Waals surface area contributed by atoms with E-state index >= 15 is 0 Å². The third-order valence-corrected chi connectivity index (χ3v) is 2.51. The Kier molecular flexibility index (Phi) is 4.01. The Morgan fingerprint density at radius 1 is 1.14 bits per heavy atom. The topological polar surface area (TPSA) is 34.1 Å². The average Bonchev–Trinajstić information content (AvgIpc) is 2.00. The van der Waals surface area contributed by atoms with Crippen LogP contribution in [0.2, 0.25) is 0 Å². The molecule has 0 saturated carbocycles. The minimum atomic E-state index is -0.153. The largest absolute Gasteiger partial charge is 0.300 e. The first-order valence-corrected chi connectivity index (χ1v) is 5.56. The Hall–Kier alpha value is -0.480. The molecule has 0 amide bonds. The van der Waals surface area contributed by atoms with Gasteiger partial charge in [-0.15, -0.1) is 0 Å². The molecule has 4 heteroatoms. The first-order valence-electron chi connectivity index (χ1n) is 3.98. The number of carbonyl (C=O) groups excluding carboxylic acids is 2. The minimum Gasteiger partial charge on any atom is -0.300 e. The average molecular weight is 320 g/mol. The highest BCUT2D eigenvalue weighted by Crippen LogP contribution is 2.20. The van der Waals surface area contributed by atoms with Crippen molar-refractivity contribution in [2.75, 3.05) is 0 Å². The van der Waals surface area contributed by atoms with Crippen molar-refractivity contribution >= 4 is 43.4 Å². The highest BCUT2D eigenvalue weighted by Gasteiger charge is 2.09. The van der Waals surface area contributed by atoms with Crippen LogP contribution in [0.1, 0.15) is 23.7 Å². The molecule has 0 atom stereocenters. The molecule has 74 valence electrons. The Labute approximate surface area is 98.9 Å². The normalized spacial score (nSPS) is 9.93. The Balaban J connectivity index is 2.95. The van der Waals surface area contributed by atoms with Gasteiger partial charge in [0.05, 0.1) is 6.42 Å². The smallest absolute Gasteiger partial charge is 0.170 e. The Morgan fingerprint density at radius 3 is 2.07 bits per heavy atom. The van der Waals surface area contributed by atoms with Crippen molar-refractivity contribution in [2.24, 2.45) is 0 Å². The van der Waals surface area contributed by atoms with Gasteiger partial charge in [0.25, 0.3) is 0 Å². The van der Waals surface area contributed by atoms with Gasteiger partial charge in [0.2, 0.25) is 0 Å². The maximum Gasteiger partial charge on any atom is 0.170 e. The number of ketones is 2. The first-order chi connectivity index (χ1) is 6.49. The van der Waals surface area contributed by atoms with E-state index in [1.54, 1.807) is 12.1 Å². The van der Waals surface area contributed by atoms with Crippen molar-refractivity contribution in [3.05, 3.63) is 32.7 Å². The summed E-state index contributed by atoms with van der Waals surface area (Å²) in [4.78, 5) is 22.3. The van der Waals surface area contributed by atoms with Gasteiger partial charge in [-0.25, -0.2) is 0 Å². The molecular formula is C10H8Br2O2. The summed E-state index contributed by atoms with van der Waals surface area (Å²) in [6.07, 6.45) is -0.0388. The van der Waals surface area contributed by atoms with Gasteiger partial charge in [-0.3, -0.25) is 9.59 Å². The number of benzene rings is 1. The second-order valence-corrected chi connectivity index (χ2v) is 4.79. The standard InChI is InChI=1S/C10H8Br2O2/c1-6(13)2-10(14)7-3-8(11)5-9(12)4-7/h3-5H,2H2,1H3. The predicted octanol–water partition coefficient (Wildman–Crippen LogP) is 3.37. The molecule has 1 aromatic rings. The van der Waals surface area contributed by atoms with Crippen LogP contribution in [-0.2, 0) is 4.79 Å². The van der Waals surface area contributed by atoms with Crippen LogP contribution in [0.15, 0.2) is 27.1 Å². The fraction of sp³-hybridized carbons (Fsp3) is 0.200. The first kappa shape index (κ1) is 11.6. The molecule has 0 aliphatic carbocycles. The van der Waals surface area contributed by atoms with Crippen LogP contribution in [0.4, 0.5) is 0 Å². The lowest BCUT2D eigenvalue weighted by Gasteiger charge is -2.00. The molecule has 0 unspecified atom stereocenters. The lowest BCUT2D eigenvalue weighted by Crippen LogP contribution is -2.04. The summed E-state index contributed by atoms with van der Waals surface area (Å²) in [7, 11) is 0. The van der Waals surface area contributed by atoms with Crippen molar-refractivity contribution in [1.29, 1.82) is 0 Å². The van der Waals surface area contributed by atoms with Crippen LogP contribution in [0.5, 0.6) is 0 Å². The number of hydrogen-bond donors (Lipinski definition) is 0. The lowest BCUT2D eigenvalue weighted by molar-refractivity contribution is -0.116. The van der Waals surface area contributed by atoms with E-state index < -0.39 is 0 Å². The second kappa shape index (κ2) is 4.84. The Morgan fingerprint density at radius 2 is 1.64 bits per heavy atom. The van der Waals surface area contributed by atoms with Gasteiger partial charge >= 0.3 is 0 Å². The quantitative estimate of drug-likeness (QED) is 0.632.